The highest BCUT2D eigenvalue weighted by molar-refractivity contribution is 5.84. The topological polar surface area (TPSA) is 40.9 Å². The predicted molar refractivity (Wildman–Crippen MR) is 45.7 cm³/mol. The van der Waals surface area contributed by atoms with Crippen LogP contribution in [0.1, 0.15) is 18.1 Å². The molecule has 4 heteroatoms. The van der Waals surface area contributed by atoms with E-state index in [1.807, 2.05) is 0 Å². The van der Waals surface area contributed by atoms with Gasteiger partial charge in [-0.1, -0.05) is 12.1 Å². The molecule has 0 saturated heterocycles. The number of Topliss-reactive ketones (excluding diaryl/α,β-unsaturated/α-hetero) is 1. The van der Waals surface area contributed by atoms with E-state index in [0.29, 0.717) is 0 Å². The van der Waals surface area contributed by atoms with Gasteiger partial charge in [-0.3, -0.25) is 4.79 Å². The number of nitriles is 1. The van der Waals surface area contributed by atoms with Gasteiger partial charge in [-0.25, -0.2) is 0 Å². The Morgan fingerprint density at radius 2 is 1.86 bits per heavy atom. The fourth-order valence-corrected chi connectivity index (χ4v) is 0.957. The van der Waals surface area contributed by atoms with Crippen molar-refractivity contribution in [2.24, 2.45) is 0 Å². The van der Waals surface area contributed by atoms with Crippen molar-refractivity contribution in [1.82, 2.24) is 0 Å². The first-order chi connectivity index (χ1) is 6.48. The van der Waals surface area contributed by atoms with E-state index < -0.39 is 11.7 Å². The van der Waals surface area contributed by atoms with Crippen molar-refractivity contribution in [3.63, 3.8) is 0 Å². The lowest BCUT2D eigenvalue weighted by molar-refractivity contribution is -0.141. The Labute approximate surface area is 79.8 Å². The molecule has 0 saturated carbocycles. The van der Waals surface area contributed by atoms with Crippen LogP contribution in [0.25, 0.3) is 0 Å². The van der Waals surface area contributed by atoms with E-state index in [0.717, 1.165) is 19.1 Å². The van der Waals surface area contributed by atoms with Gasteiger partial charge in [0.15, 0.2) is 0 Å². The number of hydrogen-bond donors (Lipinski definition) is 0. The van der Waals surface area contributed by atoms with E-state index in [-0.39, 0.29) is 11.1 Å². The molecule has 0 unspecified atom stereocenters. The van der Waals surface area contributed by atoms with Gasteiger partial charge in [0.2, 0.25) is 5.78 Å². The summed E-state index contributed by atoms with van der Waals surface area (Å²) in [5, 5.41) is 8.44. The van der Waals surface area contributed by atoms with E-state index in [9.17, 15) is 13.6 Å². The Morgan fingerprint density at radius 3 is 2.21 bits per heavy atom. The second-order valence-corrected chi connectivity index (χ2v) is 2.82. The standard InChI is InChI=1S/C10H7F2NO/c1-7(14)10(11,12)9-4-2-8(6-13)3-5-9/h2-5H,1H3. The summed E-state index contributed by atoms with van der Waals surface area (Å²) in [6.45, 7) is 0.832. The Bertz CT molecular complexity index is 390. The molecule has 72 valence electrons. The Balaban J connectivity index is 3.10. The lowest BCUT2D eigenvalue weighted by atomic mass is 10.0. The van der Waals surface area contributed by atoms with Gasteiger partial charge in [-0.05, 0) is 12.1 Å². The van der Waals surface area contributed by atoms with Crippen molar-refractivity contribution < 1.29 is 13.6 Å². The largest absolute Gasteiger partial charge is 0.330 e. The third kappa shape index (κ3) is 1.77. The maximum absolute atomic E-state index is 13.1. The van der Waals surface area contributed by atoms with Gasteiger partial charge < -0.3 is 0 Å². The van der Waals surface area contributed by atoms with Crippen molar-refractivity contribution in [3.05, 3.63) is 35.4 Å². The molecule has 0 spiro atoms. The van der Waals surface area contributed by atoms with Crippen LogP contribution in [0.2, 0.25) is 0 Å². The Morgan fingerprint density at radius 1 is 1.36 bits per heavy atom. The summed E-state index contributed by atoms with van der Waals surface area (Å²) in [6, 6.07) is 6.48. The minimum Gasteiger partial charge on any atom is -0.293 e. The molecule has 0 atom stereocenters. The number of carbonyl (C=O) groups is 1. The van der Waals surface area contributed by atoms with E-state index in [1.165, 1.54) is 12.1 Å². The first-order valence-electron chi connectivity index (χ1n) is 3.88. The third-order valence-electron chi connectivity index (χ3n) is 1.82. The Hall–Kier alpha value is -1.76. The maximum Gasteiger partial charge on any atom is 0.330 e. The number of carbonyl (C=O) groups excluding carboxylic acids is 1. The molecule has 0 amide bonds. The molecule has 0 radical (unpaired) electrons. The van der Waals surface area contributed by atoms with Gasteiger partial charge in [0.05, 0.1) is 11.6 Å². The molecule has 0 N–H and O–H groups in total. The number of benzene rings is 1. The van der Waals surface area contributed by atoms with Gasteiger partial charge in [0.25, 0.3) is 0 Å². The molecule has 2 nitrogen and oxygen atoms in total. The summed E-state index contributed by atoms with van der Waals surface area (Å²) in [6.07, 6.45) is 0. The zero-order valence-electron chi connectivity index (χ0n) is 7.42. The van der Waals surface area contributed by atoms with Crippen molar-refractivity contribution >= 4 is 5.78 Å². The summed E-state index contributed by atoms with van der Waals surface area (Å²) in [5.41, 5.74) is -0.0999. The number of halogens is 2. The zero-order valence-corrected chi connectivity index (χ0v) is 7.42. The smallest absolute Gasteiger partial charge is 0.293 e. The molecule has 0 fully saturated rings. The predicted octanol–water partition coefficient (Wildman–Crippen LogP) is 2.24. The summed E-state index contributed by atoms with van der Waals surface area (Å²) >= 11 is 0. The first-order valence-corrected chi connectivity index (χ1v) is 3.88. The molecule has 1 aromatic rings. The molecule has 1 rings (SSSR count). The fourth-order valence-electron chi connectivity index (χ4n) is 0.957. The lowest BCUT2D eigenvalue weighted by Crippen LogP contribution is -2.22. The minimum absolute atomic E-state index is 0.285. The second-order valence-electron chi connectivity index (χ2n) is 2.82. The van der Waals surface area contributed by atoms with Crippen LogP contribution in [-0.2, 0) is 10.7 Å². The van der Waals surface area contributed by atoms with Crippen LogP contribution in [0, 0.1) is 11.3 Å². The van der Waals surface area contributed by atoms with Gasteiger partial charge in [0.1, 0.15) is 0 Å². The molecule has 0 aromatic heterocycles. The normalized spacial score (nSPS) is 10.7. The summed E-state index contributed by atoms with van der Waals surface area (Å²) in [7, 11) is 0. The van der Waals surface area contributed by atoms with Crippen molar-refractivity contribution in [3.8, 4) is 6.07 Å². The zero-order chi connectivity index (χ0) is 10.8. The monoisotopic (exact) mass is 195 g/mol. The summed E-state index contributed by atoms with van der Waals surface area (Å²) in [5.74, 6) is -4.67. The minimum atomic E-state index is -3.46. The summed E-state index contributed by atoms with van der Waals surface area (Å²) < 4.78 is 26.2. The fraction of sp³-hybridized carbons (Fsp3) is 0.200. The van der Waals surface area contributed by atoms with Crippen molar-refractivity contribution in [2.75, 3.05) is 0 Å². The van der Waals surface area contributed by atoms with Crippen LogP contribution in [-0.4, -0.2) is 5.78 Å². The van der Waals surface area contributed by atoms with E-state index in [4.69, 9.17) is 5.26 Å². The molecule has 0 aliphatic heterocycles. The number of nitrogens with zero attached hydrogens (tertiary/aromatic N) is 1. The van der Waals surface area contributed by atoms with E-state index >= 15 is 0 Å². The van der Waals surface area contributed by atoms with Gasteiger partial charge >= 0.3 is 5.92 Å². The van der Waals surface area contributed by atoms with E-state index in [2.05, 4.69) is 0 Å². The van der Waals surface area contributed by atoms with Crippen LogP contribution in [0.15, 0.2) is 24.3 Å². The van der Waals surface area contributed by atoms with Crippen LogP contribution >= 0.6 is 0 Å². The molecule has 14 heavy (non-hydrogen) atoms. The lowest BCUT2D eigenvalue weighted by Gasteiger charge is -2.12. The van der Waals surface area contributed by atoms with Gasteiger partial charge in [0, 0.05) is 12.5 Å². The molecule has 1 aromatic carbocycles. The first kappa shape index (κ1) is 10.3. The molecule has 0 aliphatic rings. The molecule has 0 aliphatic carbocycles. The average molecular weight is 195 g/mol. The van der Waals surface area contributed by atoms with Gasteiger partial charge in [-0.2, -0.15) is 14.0 Å². The SMILES string of the molecule is CC(=O)C(F)(F)c1ccc(C#N)cc1. The van der Waals surface area contributed by atoms with Crippen molar-refractivity contribution in [1.29, 1.82) is 5.26 Å². The summed E-state index contributed by atoms with van der Waals surface area (Å²) in [4.78, 5) is 10.6. The maximum atomic E-state index is 13.1. The number of ketones is 1. The highest BCUT2D eigenvalue weighted by atomic mass is 19.3. The quantitative estimate of drug-likeness (QED) is 0.726. The van der Waals surface area contributed by atoms with E-state index in [1.54, 1.807) is 6.07 Å². The van der Waals surface area contributed by atoms with Crippen LogP contribution in [0.5, 0.6) is 0 Å². The van der Waals surface area contributed by atoms with Crippen LogP contribution in [0.4, 0.5) is 8.78 Å². The second kappa shape index (κ2) is 3.54. The molecule has 0 bridgehead atoms. The number of alkyl halides is 2. The third-order valence-corrected chi connectivity index (χ3v) is 1.82. The molecular formula is C10H7F2NO. The van der Waals surface area contributed by atoms with Crippen molar-refractivity contribution in [2.45, 2.75) is 12.8 Å². The van der Waals surface area contributed by atoms with Gasteiger partial charge in [-0.15, -0.1) is 0 Å². The molecular weight excluding hydrogens is 188 g/mol. The molecule has 0 heterocycles. The number of hydrogen-bond acceptors (Lipinski definition) is 2. The highest BCUT2D eigenvalue weighted by Crippen LogP contribution is 2.28. The highest BCUT2D eigenvalue weighted by Gasteiger charge is 2.36. The Kier molecular flexibility index (Phi) is 2.61. The van der Waals surface area contributed by atoms with Crippen LogP contribution in [0.3, 0.4) is 0 Å². The number of rotatable bonds is 2. The average Bonchev–Trinajstić information content (AvgIpc) is 2.17. The van der Waals surface area contributed by atoms with Crippen LogP contribution < -0.4 is 0 Å².